The van der Waals surface area contributed by atoms with Crippen molar-refractivity contribution in [3.63, 3.8) is 0 Å². The summed E-state index contributed by atoms with van der Waals surface area (Å²) in [6, 6.07) is 10.1. The van der Waals surface area contributed by atoms with Crippen LogP contribution in [0.4, 0.5) is 0 Å². The van der Waals surface area contributed by atoms with Crippen LogP contribution in [-0.2, 0) is 17.9 Å². The van der Waals surface area contributed by atoms with Gasteiger partial charge in [0.05, 0.1) is 36.1 Å². The van der Waals surface area contributed by atoms with Crippen molar-refractivity contribution in [1.82, 2.24) is 24.3 Å². The predicted molar refractivity (Wildman–Crippen MR) is 118 cm³/mol. The first kappa shape index (κ1) is 20.2. The second-order valence-corrected chi connectivity index (χ2v) is 9.19. The van der Waals surface area contributed by atoms with Gasteiger partial charge in [0.1, 0.15) is 0 Å². The summed E-state index contributed by atoms with van der Waals surface area (Å²) in [5, 5.41) is 12.6. The molecule has 2 bridgehead atoms. The molecule has 0 radical (unpaired) electrons. The second-order valence-electron chi connectivity index (χ2n) is 9.19. The van der Waals surface area contributed by atoms with Crippen LogP contribution in [0.15, 0.2) is 55.1 Å². The number of carbonyl (C=O) groups is 1. The molecule has 5 heterocycles. The average Bonchev–Trinajstić information content (AvgIpc) is 3.27. The molecule has 31 heavy (non-hydrogen) atoms. The molecule has 0 aliphatic carbocycles. The maximum Gasteiger partial charge on any atom is 0.237 e. The largest absolute Gasteiger partial charge is 0.388 e. The lowest BCUT2D eigenvalue weighted by atomic mass is 9.85. The van der Waals surface area contributed by atoms with E-state index in [1.165, 1.54) is 0 Å². The molecule has 5 rings (SSSR count). The van der Waals surface area contributed by atoms with E-state index in [-0.39, 0.29) is 18.0 Å². The Morgan fingerprint density at radius 3 is 2.74 bits per heavy atom. The van der Waals surface area contributed by atoms with E-state index in [1.807, 2.05) is 48.6 Å². The number of likely N-dealkylation sites (N-methyl/N-ethyl adjacent to an activating group) is 1. The highest BCUT2D eigenvalue weighted by molar-refractivity contribution is 5.80. The zero-order valence-electron chi connectivity index (χ0n) is 17.9. The van der Waals surface area contributed by atoms with E-state index < -0.39 is 5.60 Å². The van der Waals surface area contributed by atoms with Gasteiger partial charge in [0.2, 0.25) is 5.91 Å². The molecule has 162 valence electrons. The fourth-order valence-corrected chi connectivity index (χ4v) is 5.48. The van der Waals surface area contributed by atoms with Crippen LogP contribution in [0.2, 0.25) is 0 Å². The average molecular weight is 420 g/mol. The van der Waals surface area contributed by atoms with Gasteiger partial charge in [-0.2, -0.15) is 0 Å². The van der Waals surface area contributed by atoms with E-state index in [1.54, 1.807) is 12.4 Å². The minimum atomic E-state index is -0.801. The van der Waals surface area contributed by atoms with Crippen molar-refractivity contribution in [1.29, 1.82) is 0 Å². The first-order valence-electron chi connectivity index (χ1n) is 11.0. The van der Waals surface area contributed by atoms with Gasteiger partial charge < -0.3 is 14.6 Å². The number of hydrogen-bond acceptors (Lipinski definition) is 5. The van der Waals surface area contributed by atoms with Gasteiger partial charge in [-0.1, -0.05) is 6.07 Å². The molecule has 2 aliphatic rings. The first-order valence-corrected chi connectivity index (χ1v) is 11.0. The number of fused-ring (bicyclic) bond motifs is 3. The SMILES string of the molecule is CN(CC(=O)N1[C@@H]2CC[C@H]1CC(O)(Cn1ccc3ccncc31)C2)Cc1ccccn1. The van der Waals surface area contributed by atoms with Gasteiger partial charge in [-0.05, 0) is 57.0 Å². The van der Waals surface area contributed by atoms with Crippen molar-refractivity contribution in [3.05, 3.63) is 60.8 Å². The van der Waals surface area contributed by atoms with Gasteiger partial charge >= 0.3 is 0 Å². The molecule has 1 unspecified atom stereocenters. The third-order valence-electron chi connectivity index (χ3n) is 6.74. The number of piperidine rings is 1. The summed E-state index contributed by atoms with van der Waals surface area (Å²) in [7, 11) is 1.96. The maximum atomic E-state index is 13.1. The van der Waals surface area contributed by atoms with Gasteiger partial charge in [0, 0.05) is 42.6 Å². The molecule has 3 aromatic heterocycles. The molecular weight excluding hydrogens is 390 g/mol. The summed E-state index contributed by atoms with van der Waals surface area (Å²) >= 11 is 0. The zero-order chi connectivity index (χ0) is 21.4. The number of aromatic nitrogens is 3. The molecular formula is C24H29N5O2. The van der Waals surface area contributed by atoms with Crippen LogP contribution in [0.25, 0.3) is 10.9 Å². The highest BCUT2D eigenvalue weighted by atomic mass is 16.3. The number of rotatable bonds is 6. The standard InChI is InChI=1S/C24H29N5O2/c1-27(15-19-4-2-3-9-26-19)16-23(30)29-20-5-6-21(29)13-24(31,12-20)17-28-11-8-18-7-10-25-14-22(18)28/h2-4,7-11,14,20-21,31H,5-6,12-13,15-17H2,1H3/t20-,21+,24?. The normalized spacial score (nSPS) is 25.5. The fraction of sp³-hybridized carbons (Fsp3) is 0.458. The van der Waals surface area contributed by atoms with Gasteiger partial charge in [-0.3, -0.25) is 19.7 Å². The van der Waals surface area contributed by atoms with E-state index in [9.17, 15) is 9.90 Å². The third-order valence-corrected chi connectivity index (χ3v) is 6.74. The number of amides is 1. The van der Waals surface area contributed by atoms with Crippen LogP contribution in [-0.4, -0.2) is 66.6 Å². The molecule has 7 nitrogen and oxygen atoms in total. The van der Waals surface area contributed by atoms with E-state index in [0.29, 0.717) is 32.5 Å². The van der Waals surface area contributed by atoms with Crippen LogP contribution in [0, 0.1) is 0 Å². The molecule has 0 saturated carbocycles. The van der Waals surface area contributed by atoms with E-state index in [2.05, 4.69) is 25.5 Å². The Morgan fingerprint density at radius 1 is 1.19 bits per heavy atom. The van der Waals surface area contributed by atoms with E-state index in [4.69, 9.17) is 0 Å². The second kappa shape index (κ2) is 8.05. The number of nitrogens with zero attached hydrogens (tertiary/aromatic N) is 5. The van der Waals surface area contributed by atoms with Crippen LogP contribution in [0.3, 0.4) is 0 Å². The number of hydrogen-bond donors (Lipinski definition) is 1. The molecule has 1 amide bonds. The summed E-state index contributed by atoms with van der Waals surface area (Å²) in [5.74, 6) is 0.156. The zero-order valence-corrected chi connectivity index (χ0v) is 17.9. The summed E-state index contributed by atoms with van der Waals surface area (Å²) < 4.78 is 2.10. The molecule has 7 heteroatoms. The number of aliphatic hydroxyl groups is 1. The Kier molecular flexibility index (Phi) is 5.24. The van der Waals surface area contributed by atoms with Gasteiger partial charge in [-0.15, -0.1) is 0 Å². The van der Waals surface area contributed by atoms with Gasteiger partial charge in [0.25, 0.3) is 0 Å². The Labute approximate surface area is 182 Å². The number of pyridine rings is 2. The topological polar surface area (TPSA) is 74.5 Å². The Bertz CT molecular complexity index is 1050. The van der Waals surface area contributed by atoms with Crippen LogP contribution >= 0.6 is 0 Å². The quantitative estimate of drug-likeness (QED) is 0.664. The Morgan fingerprint density at radius 2 is 2.00 bits per heavy atom. The lowest BCUT2D eigenvalue weighted by Gasteiger charge is -2.44. The summed E-state index contributed by atoms with van der Waals surface area (Å²) in [6.45, 7) is 1.56. The lowest BCUT2D eigenvalue weighted by molar-refractivity contribution is -0.143. The van der Waals surface area contributed by atoms with Gasteiger partial charge in [-0.25, -0.2) is 0 Å². The van der Waals surface area contributed by atoms with Crippen molar-refractivity contribution in [3.8, 4) is 0 Å². The molecule has 1 N–H and O–H groups in total. The third kappa shape index (κ3) is 4.07. The smallest absolute Gasteiger partial charge is 0.237 e. The minimum Gasteiger partial charge on any atom is -0.388 e. The molecule has 0 spiro atoms. The monoisotopic (exact) mass is 419 g/mol. The lowest BCUT2D eigenvalue weighted by Crippen LogP contribution is -2.56. The molecule has 2 fully saturated rings. The maximum absolute atomic E-state index is 13.1. The summed E-state index contributed by atoms with van der Waals surface area (Å²) in [5.41, 5.74) is 1.20. The van der Waals surface area contributed by atoms with Crippen LogP contribution < -0.4 is 0 Å². The first-order chi connectivity index (χ1) is 15.0. The van der Waals surface area contributed by atoms with Crippen LogP contribution in [0.1, 0.15) is 31.4 Å². The summed E-state index contributed by atoms with van der Waals surface area (Å²) in [4.78, 5) is 25.8. The predicted octanol–water partition coefficient (Wildman–Crippen LogP) is 2.45. The number of carbonyl (C=O) groups excluding carboxylic acids is 1. The van der Waals surface area contributed by atoms with Crippen molar-refractivity contribution >= 4 is 16.8 Å². The summed E-state index contributed by atoms with van der Waals surface area (Å²) in [6.07, 6.45) is 10.6. The molecule has 2 saturated heterocycles. The van der Waals surface area contributed by atoms with E-state index >= 15 is 0 Å². The highest BCUT2D eigenvalue weighted by Crippen LogP contribution is 2.42. The van der Waals surface area contributed by atoms with Crippen LogP contribution in [0.5, 0.6) is 0 Å². The van der Waals surface area contributed by atoms with Crippen molar-refractivity contribution in [2.75, 3.05) is 13.6 Å². The minimum absolute atomic E-state index is 0.111. The van der Waals surface area contributed by atoms with Crippen molar-refractivity contribution < 1.29 is 9.90 Å². The molecule has 3 aromatic rings. The van der Waals surface area contributed by atoms with Crippen molar-refractivity contribution in [2.45, 2.75) is 56.5 Å². The van der Waals surface area contributed by atoms with Gasteiger partial charge in [0.15, 0.2) is 0 Å². The molecule has 2 aliphatic heterocycles. The van der Waals surface area contributed by atoms with Crippen molar-refractivity contribution in [2.24, 2.45) is 0 Å². The Balaban J connectivity index is 1.24. The Hall–Kier alpha value is -2.77. The highest BCUT2D eigenvalue weighted by Gasteiger charge is 2.49. The molecule has 3 atom stereocenters. The fourth-order valence-electron chi connectivity index (χ4n) is 5.48. The van der Waals surface area contributed by atoms with E-state index in [0.717, 1.165) is 29.4 Å². The molecule has 0 aromatic carbocycles.